The second kappa shape index (κ2) is 10.8. The van der Waals surface area contributed by atoms with Crippen molar-refractivity contribution in [3.8, 4) is 5.75 Å². The minimum absolute atomic E-state index is 0.180. The molecule has 1 atom stereocenters. The molecule has 2 heterocycles. The Kier molecular flexibility index (Phi) is 7.53. The number of amides is 2. The molecule has 0 saturated heterocycles. The van der Waals surface area contributed by atoms with Crippen molar-refractivity contribution in [2.24, 2.45) is 0 Å². The van der Waals surface area contributed by atoms with E-state index in [1.807, 2.05) is 37.3 Å². The second-order valence-corrected chi connectivity index (χ2v) is 9.36. The van der Waals surface area contributed by atoms with Gasteiger partial charge in [-0.2, -0.15) is 0 Å². The number of halogens is 1. The molecule has 0 saturated carbocycles. The third kappa shape index (κ3) is 5.39. The first-order valence-electron chi connectivity index (χ1n) is 10.8. The van der Waals surface area contributed by atoms with Crippen LogP contribution in [0.3, 0.4) is 0 Å². The van der Waals surface area contributed by atoms with Crippen LogP contribution in [0.5, 0.6) is 5.75 Å². The standard InChI is InChI=1S/C26H24ClN3O4S/c1-16-24(35-17(2)29-16)26(32)30(19-11-12-22(33-3)21(27)14-19)23(18-8-5-4-6-9-18)25(31)28-15-20-10-7-13-34-20/h4-14,23H,15H2,1-3H3,(H,28,31)/t23-/m1/s1. The highest BCUT2D eigenvalue weighted by Gasteiger charge is 2.35. The van der Waals surface area contributed by atoms with Crippen molar-refractivity contribution in [2.45, 2.75) is 26.4 Å². The molecule has 2 aromatic heterocycles. The molecule has 0 aliphatic rings. The third-order valence-corrected chi connectivity index (χ3v) is 6.73. The first kappa shape index (κ1) is 24.5. The normalized spacial score (nSPS) is 11.7. The van der Waals surface area contributed by atoms with Crippen LogP contribution in [0.2, 0.25) is 5.02 Å². The molecule has 4 aromatic rings. The minimum atomic E-state index is -0.982. The highest BCUT2D eigenvalue weighted by atomic mass is 35.5. The number of thiazole rings is 1. The number of methoxy groups -OCH3 is 1. The maximum atomic E-state index is 14.0. The van der Waals surface area contributed by atoms with Gasteiger partial charge in [0.15, 0.2) is 0 Å². The van der Waals surface area contributed by atoms with E-state index in [1.165, 1.54) is 23.3 Å². The van der Waals surface area contributed by atoms with Gasteiger partial charge in [-0.3, -0.25) is 14.5 Å². The van der Waals surface area contributed by atoms with Gasteiger partial charge in [0.05, 0.1) is 35.6 Å². The maximum Gasteiger partial charge on any atom is 0.271 e. The molecule has 0 aliphatic heterocycles. The Balaban J connectivity index is 1.83. The molecule has 0 bridgehead atoms. The lowest BCUT2D eigenvalue weighted by Crippen LogP contribution is -2.44. The maximum absolute atomic E-state index is 14.0. The van der Waals surface area contributed by atoms with Crippen LogP contribution in [-0.2, 0) is 11.3 Å². The summed E-state index contributed by atoms with van der Waals surface area (Å²) in [6.07, 6.45) is 1.54. The highest BCUT2D eigenvalue weighted by Crippen LogP contribution is 2.36. The second-order valence-electron chi connectivity index (χ2n) is 7.75. The highest BCUT2D eigenvalue weighted by molar-refractivity contribution is 7.13. The van der Waals surface area contributed by atoms with Crippen molar-refractivity contribution >= 4 is 40.4 Å². The topological polar surface area (TPSA) is 84.7 Å². The number of hydrogen-bond acceptors (Lipinski definition) is 6. The molecule has 0 unspecified atom stereocenters. The van der Waals surface area contributed by atoms with E-state index in [9.17, 15) is 9.59 Å². The number of nitrogens with zero attached hydrogens (tertiary/aromatic N) is 2. The summed E-state index contributed by atoms with van der Waals surface area (Å²) in [5.74, 6) is 0.346. The summed E-state index contributed by atoms with van der Waals surface area (Å²) < 4.78 is 10.6. The van der Waals surface area contributed by atoms with E-state index < -0.39 is 6.04 Å². The van der Waals surface area contributed by atoms with E-state index >= 15 is 0 Å². The summed E-state index contributed by atoms with van der Waals surface area (Å²) in [5, 5.41) is 3.98. The van der Waals surface area contributed by atoms with Gasteiger partial charge < -0.3 is 14.5 Å². The predicted octanol–water partition coefficient (Wildman–Crippen LogP) is 5.72. The molecule has 180 valence electrons. The first-order chi connectivity index (χ1) is 16.9. The van der Waals surface area contributed by atoms with Crippen molar-refractivity contribution in [3.63, 3.8) is 0 Å². The van der Waals surface area contributed by atoms with E-state index in [2.05, 4.69) is 10.3 Å². The van der Waals surface area contributed by atoms with E-state index in [4.69, 9.17) is 20.8 Å². The van der Waals surface area contributed by atoms with Gasteiger partial charge in [-0.25, -0.2) is 4.98 Å². The number of benzene rings is 2. The summed E-state index contributed by atoms with van der Waals surface area (Å²) in [7, 11) is 1.52. The van der Waals surface area contributed by atoms with Gasteiger partial charge in [-0.05, 0) is 49.7 Å². The zero-order valence-electron chi connectivity index (χ0n) is 19.4. The fourth-order valence-electron chi connectivity index (χ4n) is 3.76. The zero-order valence-corrected chi connectivity index (χ0v) is 21.0. The van der Waals surface area contributed by atoms with Crippen molar-refractivity contribution in [2.75, 3.05) is 12.0 Å². The number of aromatic nitrogens is 1. The average molecular weight is 510 g/mol. The van der Waals surface area contributed by atoms with Crippen LogP contribution in [0.15, 0.2) is 71.3 Å². The molecule has 9 heteroatoms. The minimum Gasteiger partial charge on any atom is -0.495 e. The van der Waals surface area contributed by atoms with Crippen LogP contribution in [0.1, 0.15) is 37.7 Å². The molecule has 0 radical (unpaired) electrons. The number of anilines is 1. The number of carbonyl (C=O) groups excluding carboxylic acids is 2. The number of aryl methyl sites for hydroxylation is 2. The summed E-state index contributed by atoms with van der Waals surface area (Å²) in [4.78, 5) is 34.0. The first-order valence-corrected chi connectivity index (χ1v) is 12.0. The van der Waals surface area contributed by atoms with E-state index in [0.29, 0.717) is 38.4 Å². The van der Waals surface area contributed by atoms with Crippen LogP contribution in [-0.4, -0.2) is 23.9 Å². The molecule has 0 fully saturated rings. The smallest absolute Gasteiger partial charge is 0.271 e. The molecule has 1 N–H and O–H groups in total. The number of hydrogen-bond donors (Lipinski definition) is 1. The fourth-order valence-corrected chi connectivity index (χ4v) is 4.87. The molecule has 4 rings (SSSR count). The summed E-state index contributed by atoms with van der Waals surface area (Å²) >= 11 is 7.72. The summed E-state index contributed by atoms with van der Waals surface area (Å²) in [6, 6.07) is 16.7. The van der Waals surface area contributed by atoms with Crippen LogP contribution in [0.25, 0.3) is 0 Å². The van der Waals surface area contributed by atoms with E-state index in [-0.39, 0.29) is 18.4 Å². The monoisotopic (exact) mass is 509 g/mol. The van der Waals surface area contributed by atoms with Crippen LogP contribution in [0, 0.1) is 13.8 Å². The Bertz CT molecular complexity index is 1320. The molecule has 0 spiro atoms. The van der Waals surface area contributed by atoms with Crippen LogP contribution < -0.4 is 15.0 Å². The number of furan rings is 1. The van der Waals surface area contributed by atoms with E-state index in [0.717, 1.165) is 5.01 Å². The van der Waals surface area contributed by atoms with Gasteiger partial charge in [0.2, 0.25) is 5.91 Å². The van der Waals surface area contributed by atoms with Gasteiger partial charge in [-0.15, -0.1) is 11.3 Å². The van der Waals surface area contributed by atoms with Crippen molar-refractivity contribution in [1.82, 2.24) is 10.3 Å². The van der Waals surface area contributed by atoms with Gasteiger partial charge in [0.25, 0.3) is 5.91 Å². The quantitative estimate of drug-likeness (QED) is 0.328. The summed E-state index contributed by atoms with van der Waals surface area (Å²) in [6.45, 7) is 3.80. The lowest BCUT2D eigenvalue weighted by molar-refractivity contribution is -0.122. The summed E-state index contributed by atoms with van der Waals surface area (Å²) in [5.41, 5.74) is 1.70. The van der Waals surface area contributed by atoms with Crippen molar-refractivity contribution in [3.05, 3.63) is 98.9 Å². The SMILES string of the molecule is COc1ccc(N(C(=O)c2sc(C)nc2C)[C@@H](C(=O)NCc2ccco2)c2ccccc2)cc1Cl. The fraction of sp³-hybridized carbons (Fsp3) is 0.192. The number of carbonyl (C=O) groups is 2. The van der Waals surface area contributed by atoms with Crippen LogP contribution >= 0.6 is 22.9 Å². The average Bonchev–Trinajstić information content (AvgIpc) is 3.50. The molecule has 2 amide bonds. The molecular weight excluding hydrogens is 486 g/mol. The van der Waals surface area contributed by atoms with Gasteiger partial charge in [0.1, 0.15) is 22.4 Å². The zero-order chi connectivity index (χ0) is 24.9. The lowest BCUT2D eigenvalue weighted by atomic mass is 10.0. The Morgan fingerprint density at radius 2 is 1.91 bits per heavy atom. The number of rotatable bonds is 8. The van der Waals surface area contributed by atoms with E-state index in [1.54, 1.807) is 43.5 Å². The molecule has 35 heavy (non-hydrogen) atoms. The number of ether oxygens (including phenoxy) is 1. The lowest BCUT2D eigenvalue weighted by Gasteiger charge is -2.31. The van der Waals surface area contributed by atoms with Crippen LogP contribution in [0.4, 0.5) is 5.69 Å². The van der Waals surface area contributed by atoms with Gasteiger partial charge in [-0.1, -0.05) is 41.9 Å². The Morgan fingerprint density at radius 1 is 1.14 bits per heavy atom. The van der Waals surface area contributed by atoms with Gasteiger partial charge >= 0.3 is 0 Å². The molecular formula is C26H24ClN3O4S. The Morgan fingerprint density at radius 3 is 2.51 bits per heavy atom. The largest absolute Gasteiger partial charge is 0.495 e. The van der Waals surface area contributed by atoms with Crippen molar-refractivity contribution in [1.29, 1.82) is 0 Å². The number of nitrogens with one attached hydrogen (secondary N) is 1. The Hall–Kier alpha value is -3.62. The molecule has 0 aliphatic carbocycles. The predicted molar refractivity (Wildman–Crippen MR) is 136 cm³/mol. The molecule has 7 nitrogen and oxygen atoms in total. The van der Waals surface area contributed by atoms with Gasteiger partial charge in [0, 0.05) is 5.69 Å². The Labute approximate surface area is 212 Å². The third-order valence-electron chi connectivity index (χ3n) is 5.37. The molecule has 2 aromatic carbocycles. The van der Waals surface area contributed by atoms with Crippen molar-refractivity contribution < 1.29 is 18.7 Å².